The number of nitrogens with zero attached hydrogens (tertiary/aromatic N) is 1. The number of para-hydroxylation sites is 1. The van der Waals surface area contributed by atoms with Gasteiger partial charge in [0.05, 0.1) is 19.6 Å². The van der Waals surface area contributed by atoms with E-state index in [1.165, 1.54) is 54.5 Å². The summed E-state index contributed by atoms with van der Waals surface area (Å²) in [6.07, 6.45) is 3.77. The first-order valence-corrected chi connectivity index (χ1v) is 7.54. The summed E-state index contributed by atoms with van der Waals surface area (Å²) in [6, 6.07) is 6.74. The van der Waals surface area contributed by atoms with E-state index in [2.05, 4.69) is 52.8 Å². The molecule has 1 rings (SSSR count). The highest BCUT2D eigenvalue weighted by Gasteiger charge is 2.30. The quantitative estimate of drug-likeness (QED) is 0.522. The Hall–Kier alpha value is -0.755. The van der Waals surface area contributed by atoms with E-state index >= 15 is 0 Å². The smallest absolute Gasteiger partial charge is 0.138 e. The molecule has 0 spiro atoms. The van der Waals surface area contributed by atoms with Gasteiger partial charge >= 0.3 is 0 Å². The van der Waals surface area contributed by atoms with Gasteiger partial charge in [0.1, 0.15) is 5.69 Å². The van der Waals surface area contributed by atoms with Gasteiger partial charge in [-0.15, -0.1) is 0 Å². The summed E-state index contributed by atoms with van der Waals surface area (Å²) >= 11 is 0. The first kappa shape index (κ1) is 18.2. The van der Waals surface area contributed by atoms with Gasteiger partial charge in [-0.2, -0.15) is 0 Å². The Bertz CT molecular complexity index is 336. The van der Waals surface area contributed by atoms with Crippen molar-refractivity contribution < 1.29 is 0 Å². The minimum absolute atomic E-state index is 0. The molecule has 0 aliphatic carbocycles. The van der Waals surface area contributed by atoms with Crippen LogP contribution in [0, 0.1) is 13.8 Å². The molecule has 110 valence electrons. The molecule has 1 nitrogen and oxygen atoms in total. The monoisotopic (exact) mass is 263 g/mol. The van der Waals surface area contributed by atoms with Crippen LogP contribution in [0.25, 0.3) is 0 Å². The first-order chi connectivity index (χ1) is 8.61. The average molecular weight is 263 g/mol. The number of benzene rings is 1. The maximum absolute atomic E-state index is 2.31. The fraction of sp³-hybridized carbons (Fsp3) is 0.647. The third-order valence-corrected chi connectivity index (χ3v) is 3.87. The number of aryl methyl sites for hydroxylation is 2. The predicted molar refractivity (Wildman–Crippen MR) is 94.5 cm³/mol. The van der Waals surface area contributed by atoms with Crippen LogP contribution in [-0.4, -0.2) is 28.0 Å². The highest BCUT2D eigenvalue weighted by molar-refractivity contribution is 5.75. The Morgan fingerprint density at radius 3 is 1.47 bits per heavy atom. The molecule has 0 amide bonds. The summed E-state index contributed by atoms with van der Waals surface area (Å²) in [4.78, 5) is 0. The Morgan fingerprint density at radius 1 is 0.789 bits per heavy atom. The van der Waals surface area contributed by atoms with E-state index in [1.54, 1.807) is 5.69 Å². The number of quaternary nitrogens is 1. The zero-order valence-electron chi connectivity index (χ0n) is 12.9. The van der Waals surface area contributed by atoms with Crippen LogP contribution >= 0.6 is 0 Å². The number of rotatable bonds is 7. The van der Waals surface area contributed by atoms with Crippen molar-refractivity contribution in [2.75, 3.05) is 19.6 Å². The Balaban J connectivity index is 0.00000324. The van der Waals surface area contributed by atoms with Crippen molar-refractivity contribution in [2.24, 2.45) is 0 Å². The number of hydrogen-bond donors (Lipinski definition) is 0. The van der Waals surface area contributed by atoms with Crippen molar-refractivity contribution in [2.45, 2.75) is 53.9 Å². The van der Waals surface area contributed by atoms with Crippen molar-refractivity contribution in [3.05, 3.63) is 29.3 Å². The molecule has 1 aromatic rings. The van der Waals surface area contributed by atoms with E-state index in [1.807, 2.05) is 0 Å². The highest BCUT2D eigenvalue weighted by atomic mass is 15.4. The minimum atomic E-state index is 0. The van der Waals surface area contributed by atoms with Crippen LogP contribution in [0.15, 0.2) is 18.2 Å². The molecule has 0 saturated carbocycles. The SMILES string of the molecule is CCC[N+](CCC)(CCC)c1c(C)cccc1C.[BH4-]. The van der Waals surface area contributed by atoms with Gasteiger partial charge in [0.25, 0.3) is 0 Å². The lowest BCUT2D eigenvalue weighted by Gasteiger charge is -2.40. The molecule has 19 heavy (non-hydrogen) atoms. The molecule has 0 unspecified atom stereocenters. The van der Waals surface area contributed by atoms with Crippen LogP contribution in [0.3, 0.4) is 0 Å². The van der Waals surface area contributed by atoms with E-state index in [0.717, 1.165) is 0 Å². The molecule has 0 bridgehead atoms. The van der Waals surface area contributed by atoms with Crippen LogP contribution < -0.4 is 4.48 Å². The van der Waals surface area contributed by atoms with E-state index in [-0.39, 0.29) is 8.41 Å². The Labute approximate surface area is 122 Å². The molecular weight excluding hydrogens is 229 g/mol. The third-order valence-electron chi connectivity index (χ3n) is 3.87. The topological polar surface area (TPSA) is 0 Å². The summed E-state index contributed by atoms with van der Waals surface area (Å²) < 4.78 is 1.18. The van der Waals surface area contributed by atoms with Crippen molar-refractivity contribution in [1.29, 1.82) is 0 Å². The zero-order chi connectivity index (χ0) is 13.6. The van der Waals surface area contributed by atoms with Gasteiger partial charge in [-0.3, -0.25) is 4.48 Å². The molecule has 0 aliphatic heterocycles. The molecule has 0 saturated heterocycles. The van der Waals surface area contributed by atoms with E-state index < -0.39 is 0 Å². The summed E-state index contributed by atoms with van der Waals surface area (Å²) in [6.45, 7) is 15.3. The molecule has 0 atom stereocenters. The van der Waals surface area contributed by atoms with Crippen LogP contribution in [0.4, 0.5) is 5.69 Å². The summed E-state index contributed by atoms with van der Waals surface area (Å²) in [7, 11) is 0. The second-order valence-corrected chi connectivity index (χ2v) is 5.56. The molecular formula is C17H34BN. The lowest BCUT2D eigenvalue weighted by molar-refractivity contribution is 0.270. The van der Waals surface area contributed by atoms with Crippen molar-refractivity contribution in [1.82, 2.24) is 4.48 Å². The highest BCUT2D eigenvalue weighted by Crippen LogP contribution is 2.32. The van der Waals surface area contributed by atoms with Crippen LogP contribution in [0.1, 0.15) is 51.2 Å². The van der Waals surface area contributed by atoms with Gasteiger partial charge < -0.3 is 0 Å². The third kappa shape index (κ3) is 4.11. The first-order valence-electron chi connectivity index (χ1n) is 7.54. The van der Waals surface area contributed by atoms with Gasteiger partial charge in [-0.05, 0) is 33.1 Å². The van der Waals surface area contributed by atoms with Gasteiger partial charge in [0, 0.05) is 11.1 Å². The second kappa shape index (κ2) is 8.42. The fourth-order valence-corrected chi connectivity index (χ4v) is 3.51. The summed E-state index contributed by atoms with van der Waals surface area (Å²) in [5.74, 6) is 0. The standard InChI is InChI=1S/C17H30N.BH4/c1-6-12-18(13-7-2,14-8-3)17-15(4)10-9-11-16(17)5;/h9-11H,6-8,12-14H2,1-5H3;1H4/q+1;-1. The van der Waals surface area contributed by atoms with Crippen molar-refractivity contribution in [3.63, 3.8) is 0 Å². The van der Waals surface area contributed by atoms with Gasteiger partial charge in [0.2, 0.25) is 0 Å². The molecule has 0 radical (unpaired) electrons. The second-order valence-electron chi connectivity index (χ2n) is 5.56. The Morgan fingerprint density at radius 2 is 1.16 bits per heavy atom. The minimum Gasteiger partial charge on any atom is -0.291 e. The van der Waals surface area contributed by atoms with Crippen LogP contribution in [0.2, 0.25) is 0 Å². The molecule has 1 aromatic carbocycles. The maximum Gasteiger partial charge on any atom is 0.138 e. The van der Waals surface area contributed by atoms with Crippen molar-refractivity contribution in [3.8, 4) is 0 Å². The van der Waals surface area contributed by atoms with Gasteiger partial charge in [0.15, 0.2) is 0 Å². The lowest BCUT2D eigenvalue weighted by Crippen LogP contribution is -2.51. The maximum atomic E-state index is 2.31. The molecule has 0 N–H and O–H groups in total. The fourth-order valence-electron chi connectivity index (χ4n) is 3.51. The number of hydrogen-bond acceptors (Lipinski definition) is 0. The zero-order valence-corrected chi connectivity index (χ0v) is 12.9. The van der Waals surface area contributed by atoms with Gasteiger partial charge in [-0.1, -0.05) is 47.4 Å². The van der Waals surface area contributed by atoms with E-state index in [9.17, 15) is 0 Å². The van der Waals surface area contributed by atoms with E-state index in [0.29, 0.717) is 0 Å². The molecule has 0 fully saturated rings. The summed E-state index contributed by atoms with van der Waals surface area (Å²) in [5.41, 5.74) is 4.51. The van der Waals surface area contributed by atoms with Crippen molar-refractivity contribution >= 4 is 14.1 Å². The van der Waals surface area contributed by atoms with Crippen LogP contribution in [-0.2, 0) is 0 Å². The van der Waals surface area contributed by atoms with E-state index in [4.69, 9.17) is 0 Å². The Kier molecular flexibility index (Phi) is 8.09. The largest absolute Gasteiger partial charge is 0.291 e. The average Bonchev–Trinajstić information content (AvgIpc) is 2.29. The predicted octanol–water partition coefficient (Wildman–Crippen LogP) is 3.39. The van der Waals surface area contributed by atoms with Crippen LogP contribution in [0.5, 0.6) is 0 Å². The summed E-state index contributed by atoms with van der Waals surface area (Å²) in [5, 5.41) is 0. The normalized spacial score (nSPS) is 11.2. The lowest BCUT2D eigenvalue weighted by atomic mass is 10.0. The van der Waals surface area contributed by atoms with Gasteiger partial charge in [-0.25, -0.2) is 0 Å². The molecule has 0 heterocycles. The molecule has 0 aromatic heterocycles. The molecule has 2 heteroatoms. The molecule has 0 aliphatic rings.